The number of thioether (sulfide) groups is 1. The van der Waals surface area contributed by atoms with Crippen molar-refractivity contribution in [2.75, 3.05) is 7.05 Å². The van der Waals surface area contributed by atoms with Crippen LogP contribution in [0.3, 0.4) is 0 Å². The molecule has 2 rings (SSSR count). The highest BCUT2D eigenvalue weighted by atomic mass is 32.2. The van der Waals surface area contributed by atoms with Crippen LogP contribution in [0.4, 0.5) is 0 Å². The van der Waals surface area contributed by atoms with E-state index in [1.54, 1.807) is 19.3 Å². The van der Waals surface area contributed by atoms with E-state index in [1.807, 2.05) is 18.2 Å². The molecule has 0 radical (unpaired) electrons. The van der Waals surface area contributed by atoms with E-state index in [4.69, 9.17) is 12.2 Å². The Hall–Kier alpha value is -1.20. The molecule has 76 valence electrons. The van der Waals surface area contributed by atoms with E-state index in [-0.39, 0.29) is 5.91 Å². The summed E-state index contributed by atoms with van der Waals surface area (Å²) >= 11 is 6.32. The second-order valence-corrected chi connectivity index (χ2v) is 4.67. The van der Waals surface area contributed by atoms with Crippen LogP contribution in [0.5, 0.6) is 0 Å². The zero-order valence-corrected chi connectivity index (χ0v) is 9.64. The van der Waals surface area contributed by atoms with Gasteiger partial charge in [0.05, 0.1) is 10.6 Å². The van der Waals surface area contributed by atoms with Crippen LogP contribution in [0.25, 0.3) is 6.08 Å². The van der Waals surface area contributed by atoms with Crippen molar-refractivity contribution in [1.29, 1.82) is 0 Å². The number of rotatable bonds is 1. The Labute approximate surface area is 97.2 Å². The summed E-state index contributed by atoms with van der Waals surface area (Å²) in [7, 11) is 1.68. The van der Waals surface area contributed by atoms with Crippen molar-refractivity contribution in [3.63, 3.8) is 0 Å². The monoisotopic (exact) mass is 236 g/mol. The van der Waals surface area contributed by atoms with E-state index >= 15 is 0 Å². The number of aromatic nitrogens is 1. The van der Waals surface area contributed by atoms with Crippen LogP contribution in [-0.4, -0.2) is 27.2 Å². The smallest absolute Gasteiger partial charge is 0.265 e. The minimum Gasteiger partial charge on any atom is -0.296 e. The highest BCUT2D eigenvalue weighted by Crippen LogP contribution is 2.30. The third-order valence-corrected chi connectivity index (χ3v) is 3.44. The van der Waals surface area contributed by atoms with Gasteiger partial charge in [0.15, 0.2) is 0 Å². The fraction of sp³-hybridized carbons (Fsp3) is 0.100. The van der Waals surface area contributed by atoms with E-state index in [1.165, 1.54) is 16.7 Å². The van der Waals surface area contributed by atoms with Crippen molar-refractivity contribution in [3.05, 3.63) is 35.0 Å². The van der Waals surface area contributed by atoms with Gasteiger partial charge >= 0.3 is 0 Å². The third kappa shape index (κ3) is 2.08. The zero-order chi connectivity index (χ0) is 10.8. The lowest BCUT2D eigenvalue weighted by atomic mass is 10.3. The van der Waals surface area contributed by atoms with Crippen LogP contribution in [-0.2, 0) is 4.79 Å². The van der Waals surface area contributed by atoms with Crippen molar-refractivity contribution < 1.29 is 4.79 Å². The van der Waals surface area contributed by atoms with Gasteiger partial charge in [0.1, 0.15) is 4.32 Å². The average Bonchev–Trinajstić information content (AvgIpc) is 2.48. The van der Waals surface area contributed by atoms with Gasteiger partial charge in [-0.05, 0) is 18.2 Å². The summed E-state index contributed by atoms with van der Waals surface area (Å²) in [6.45, 7) is 0. The first-order valence-corrected chi connectivity index (χ1v) is 5.53. The number of amides is 1. The molecule has 1 amide bonds. The maximum Gasteiger partial charge on any atom is 0.265 e. The van der Waals surface area contributed by atoms with Crippen LogP contribution in [0.2, 0.25) is 0 Å². The fourth-order valence-corrected chi connectivity index (χ4v) is 2.31. The number of carbonyl (C=O) groups is 1. The molecule has 0 spiro atoms. The average molecular weight is 236 g/mol. The summed E-state index contributed by atoms with van der Waals surface area (Å²) in [5.41, 5.74) is 0.770. The van der Waals surface area contributed by atoms with Crippen molar-refractivity contribution in [1.82, 2.24) is 9.88 Å². The number of carbonyl (C=O) groups excluding carboxylic acids is 1. The molecule has 1 aliphatic rings. The molecule has 1 aliphatic heterocycles. The maximum atomic E-state index is 11.6. The summed E-state index contributed by atoms with van der Waals surface area (Å²) in [6.07, 6.45) is 3.45. The molecule has 1 aromatic rings. The minimum absolute atomic E-state index is 0.0596. The molecule has 0 aliphatic carbocycles. The number of likely N-dealkylation sites (N-methyl/N-ethyl adjacent to an activating group) is 1. The van der Waals surface area contributed by atoms with E-state index in [2.05, 4.69) is 4.98 Å². The Kier molecular flexibility index (Phi) is 2.83. The molecule has 0 unspecified atom stereocenters. The van der Waals surface area contributed by atoms with Crippen LogP contribution >= 0.6 is 24.0 Å². The van der Waals surface area contributed by atoms with Gasteiger partial charge in [-0.3, -0.25) is 14.7 Å². The Balaban J connectivity index is 2.30. The molecule has 0 saturated carbocycles. The van der Waals surface area contributed by atoms with Gasteiger partial charge in [0.25, 0.3) is 5.91 Å². The minimum atomic E-state index is -0.0596. The lowest BCUT2D eigenvalue weighted by molar-refractivity contribution is -0.121. The molecule has 1 aromatic heterocycles. The van der Waals surface area contributed by atoms with E-state index < -0.39 is 0 Å². The van der Waals surface area contributed by atoms with Crippen LogP contribution < -0.4 is 0 Å². The fourth-order valence-electron chi connectivity index (χ4n) is 1.14. The summed E-state index contributed by atoms with van der Waals surface area (Å²) in [5.74, 6) is -0.0596. The Bertz CT molecular complexity index is 442. The van der Waals surface area contributed by atoms with Gasteiger partial charge in [-0.1, -0.05) is 30.0 Å². The van der Waals surface area contributed by atoms with Crippen LogP contribution in [0.1, 0.15) is 5.69 Å². The van der Waals surface area contributed by atoms with Gasteiger partial charge in [0.2, 0.25) is 0 Å². The topological polar surface area (TPSA) is 33.2 Å². The molecule has 0 atom stereocenters. The molecule has 15 heavy (non-hydrogen) atoms. The second-order valence-electron chi connectivity index (χ2n) is 3.00. The first-order chi connectivity index (χ1) is 7.18. The largest absolute Gasteiger partial charge is 0.296 e. The normalized spacial score (nSPS) is 19.0. The summed E-state index contributed by atoms with van der Waals surface area (Å²) in [5, 5.41) is 0. The molecule has 5 heteroatoms. The number of thiocarbonyl (C=S) groups is 1. The summed E-state index contributed by atoms with van der Waals surface area (Å²) in [6, 6.07) is 5.57. The maximum absolute atomic E-state index is 11.6. The van der Waals surface area contributed by atoms with Gasteiger partial charge < -0.3 is 0 Å². The number of pyridine rings is 1. The second kappa shape index (κ2) is 4.12. The molecular formula is C10H8N2OS2. The Morgan fingerprint density at radius 1 is 1.53 bits per heavy atom. The standard InChI is InChI=1S/C10H8N2OS2/c1-12-9(13)8(15-10(12)14)6-7-4-2-3-5-11-7/h2-6H,1H3/b8-6+. The van der Waals surface area contributed by atoms with Gasteiger partial charge in [-0.15, -0.1) is 0 Å². The van der Waals surface area contributed by atoms with E-state index in [9.17, 15) is 4.79 Å². The van der Waals surface area contributed by atoms with Crippen molar-refractivity contribution in [2.24, 2.45) is 0 Å². The van der Waals surface area contributed by atoms with Crippen LogP contribution in [0, 0.1) is 0 Å². The highest BCUT2D eigenvalue weighted by Gasteiger charge is 2.28. The van der Waals surface area contributed by atoms with Crippen LogP contribution in [0.15, 0.2) is 29.3 Å². The molecule has 2 heterocycles. The van der Waals surface area contributed by atoms with Gasteiger partial charge in [0, 0.05) is 13.2 Å². The molecule has 1 fully saturated rings. The van der Waals surface area contributed by atoms with Crippen molar-refractivity contribution in [2.45, 2.75) is 0 Å². The number of hydrogen-bond acceptors (Lipinski definition) is 4. The van der Waals surface area contributed by atoms with Crippen molar-refractivity contribution in [3.8, 4) is 0 Å². The lowest BCUT2D eigenvalue weighted by Crippen LogP contribution is -2.22. The summed E-state index contributed by atoms with van der Waals surface area (Å²) < 4.78 is 0.585. The number of hydrogen-bond donors (Lipinski definition) is 0. The lowest BCUT2D eigenvalue weighted by Gasteiger charge is -2.03. The number of nitrogens with zero attached hydrogens (tertiary/aromatic N) is 2. The Morgan fingerprint density at radius 2 is 2.33 bits per heavy atom. The molecule has 3 nitrogen and oxygen atoms in total. The molecule has 0 aromatic carbocycles. The predicted octanol–water partition coefficient (Wildman–Crippen LogP) is 1.91. The SMILES string of the molecule is CN1C(=O)/C(=C\c2ccccn2)SC1=S. The summed E-state index contributed by atoms with van der Waals surface area (Å²) in [4.78, 5) is 17.9. The van der Waals surface area contributed by atoms with Gasteiger partial charge in [-0.2, -0.15) is 0 Å². The predicted molar refractivity (Wildman–Crippen MR) is 65.2 cm³/mol. The van der Waals surface area contributed by atoms with E-state index in [0.29, 0.717) is 9.23 Å². The van der Waals surface area contributed by atoms with E-state index in [0.717, 1.165) is 5.69 Å². The molecule has 1 saturated heterocycles. The highest BCUT2D eigenvalue weighted by molar-refractivity contribution is 8.26. The third-order valence-electron chi connectivity index (χ3n) is 1.95. The van der Waals surface area contributed by atoms with Gasteiger partial charge in [-0.25, -0.2) is 0 Å². The Morgan fingerprint density at radius 3 is 2.87 bits per heavy atom. The first-order valence-electron chi connectivity index (χ1n) is 4.31. The zero-order valence-electron chi connectivity index (χ0n) is 8.01. The molecule has 0 bridgehead atoms. The van der Waals surface area contributed by atoms with Crippen molar-refractivity contribution >= 4 is 40.3 Å². The molecule has 0 N–H and O–H groups in total. The first kappa shape index (κ1) is 10.3. The quantitative estimate of drug-likeness (QED) is 0.551. The molecular weight excluding hydrogens is 228 g/mol.